The topological polar surface area (TPSA) is 123 Å². The van der Waals surface area contributed by atoms with Crippen LogP contribution in [-0.2, 0) is 23.9 Å². The number of urea groups is 1. The maximum absolute atomic E-state index is 12.3. The molecule has 0 radical (unpaired) electrons. The van der Waals surface area contributed by atoms with Crippen molar-refractivity contribution in [2.45, 2.75) is 26.3 Å². The molecule has 0 aliphatic carbocycles. The molecule has 1 heterocycles. The zero-order valence-corrected chi connectivity index (χ0v) is 16.9. The molecule has 30 heavy (non-hydrogen) atoms. The third-order valence-corrected chi connectivity index (χ3v) is 4.16. The first-order valence-electron chi connectivity index (χ1n) is 9.58. The van der Waals surface area contributed by atoms with E-state index in [1.165, 1.54) is 6.08 Å². The van der Waals surface area contributed by atoms with Gasteiger partial charge in [-0.2, -0.15) is 0 Å². The maximum Gasteiger partial charge on any atom is 0.338 e. The Morgan fingerprint density at radius 3 is 2.53 bits per heavy atom. The van der Waals surface area contributed by atoms with Crippen molar-refractivity contribution in [2.24, 2.45) is 0 Å². The second-order valence-electron chi connectivity index (χ2n) is 6.29. The Kier molecular flexibility index (Phi) is 8.61. The quantitative estimate of drug-likeness (QED) is 0.412. The van der Waals surface area contributed by atoms with E-state index in [1.807, 2.05) is 30.3 Å². The Bertz CT molecular complexity index is 848. The highest BCUT2D eigenvalue weighted by Gasteiger charge is 2.31. The van der Waals surface area contributed by atoms with Gasteiger partial charge in [0, 0.05) is 6.08 Å². The molecular weight excluding hydrogens is 390 g/mol. The van der Waals surface area contributed by atoms with Gasteiger partial charge in [0.15, 0.2) is 0 Å². The minimum atomic E-state index is -0.715. The molecule has 1 aromatic carbocycles. The number of amides is 3. The first-order valence-corrected chi connectivity index (χ1v) is 9.58. The van der Waals surface area contributed by atoms with Gasteiger partial charge in [-0.3, -0.25) is 9.59 Å². The van der Waals surface area contributed by atoms with Crippen LogP contribution >= 0.6 is 0 Å². The summed E-state index contributed by atoms with van der Waals surface area (Å²) in [6.45, 7) is 2.96. The molecule has 2 rings (SSSR count). The van der Waals surface area contributed by atoms with Crippen LogP contribution in [0.1, 0.15) is 25.8 Å². The lowest BCUT2D eigenvalue weighted by Crippen LogP contribution is -2.51. The molecule has 1 aliphatic rings. The van der Waals surface area contributed by atoms with Gasteiger partial charge < -0.3 is 25.4 Å². The normalized spacial score (nSPS) is 15.9. The Morgan fingerprint density at radius 2 is 1.87 bits per heavy atom. The fourth-order valence-corrected chi connectivity index (χ4v) is 2.73. The summed E-state index contributed by atoms with van der Waals surface area (Å²) in [5, 5.41) is 7.52. The van der Waals surface area contributed by atoms with Gasteiger partial charge in [0.2, 0.25) is 5.91 Å². The van der Waals surface area contributed by atoms with Crippen molar-refractivity contribution >= 4 is 30.0 Å². The average Bonchev–Trinajstić information content (AvgIpc) is 2.75. The molecule has 0 saturated heterocycles. The number of esters is 2. The van der Waals surface area contributed by atoms with Gasteiger partial charge in [0.25, 0.3) is 0 Å². The Hall–Kier alpha value is -3.62. The molecule has 0 bridgehead atoms. The average molecular weight is 415 g/mol. The van der Waals surface area contributed by atoms with E-state index in [1.54, 1.807) is 19.9 Å². The van der Waals surface area contributed by atoms with Crippen molar-refractivity contribution in [3.05, 3.63) is 53.2 Å². The third-order valence-electron chi connectivity index (χ3n) is 4.16. The molecule has 1 aliphatic heterocycles. The van der Waals surface area contributed by atoms with Crippen molar-refractivity contribution in [1.29, 1.82) is 0 Å². The van der Waals surface area contributed by atoms with Crippen LogP contribution in [-0.4, -0.2) is 49.7 Å². The summed E-state index contributed by atoms with van der Waals surface area (Å²) in [7, 11) is 0. The Balaban J connectivity index is 1.92. The monoisotopic (exact) mass is 415 g/mol. The van der Waals surface area contributed by atoms with Gasteiger partial charge >= 0.3 is 18.0 Å². The summed E-state index contributed by atoms with van der Waals surface area (Å²) in [4.78, 5) is 47.9. The summed E-state index contributed by atoms with van der Waals surface area (Å²) in [5.74, 6) is -1.77. The number of carbonyl (C=O) groups excluding carboxylic acids is 4. The zero-order chi connectivity index (χ0) is 21.9. The van der Waals surface area contributed by atoms with Crippen LogP contribution in [0.5, 0.6) is 0 Å². The fraction of sp³-hybridized carbons (Fsp3) is 0.333. The van der Waals surface area contributed by atoms with Crippen molar-refractivity contribution in [1.82, 2.24) is 16.0 Å². The van der Waals surface area contributed by atoms with E-state index in [9.17, 15) is 19.2 Å². The standard InChI is InChI=1S/C21H25N3O6/c1-3-15-19(20(27)29-4-2)16(24-21(28)23-15)13-30-18(26)12-22-17(25)11-10-14-8-6-5-7-9-14/h5-11,15H,3-4,12-13H2,1-2H3,(H,22,25)(H2,23,24,28)/b11-10+/t15-/m1/s1. The van der Waals surface area contributed by atoms with Crippen LogP contribution < -0.4 is 16.0 Å². The summed E-state index contributed by atoms with van der Waals surface area (Å²) >= 11 is 0. The predicted molar refractivity (Wildman–Crippen MR) is 109 cm³/mol. The number of hydrogen-bond acceptors (Lipinski definition) is 6. The molecule has 160 valence electrons. The lowest BCUT2D eigenvalue weighted by atomic mass is 10.0. The van der Waals surface area contributed by atoms with E-state index in [-0.39, 0.29) is 31.0 Å². The Morgan fingerprint density at radius 1 is 1.13 bits per heavy atom. The number of rotatable bonds is 9. The molecule has 0 fully saturated rings. The van der Waals surface area contributed by atoms with Crippen molar-refractivity contribution in [3.63, 3.8) is 0 Å². The van der Waals surface area contributed by atoms with Gasteiger partial charge in [-0.25, -0.2) is 9.59 Å². The highest BCUT2D eigenvalue weighted by atomic mass is 16.5. The molecule has 9 heteroatoms. The Labute approximate surface area is 174 Å². The van der Waals surface area contributed by atoms with Crippen LogP contribution in [0.25, 0.3) is 6.08 Å². The van der Waals surface area contributed by atoms with E-state index in [4.69, 9.17) is 9.47 Å². The number of ether oxygens (including phenoxy) is 2. The highest BCUT2D eigenvalue weighted by Crippen LogP contribution is 2.17. The lowest BCUT2D eigenvalue weighted by molar-refractivity contribution is -0.143. The van der Waals surface area contributed by atoms with Crippen LogP contribution in [0, 0.1) is 0 Å². The maximum atomic E-state index is 12.3. The van der Waals surface area contributed by atoms with Crippen LogP contribution in [0.15, 0.2) is 47.7 Å². The molecule has 0 saturated carbocycles. The minimum Gasteiger partial charge on any atom is -0.463 e. The summed E-state index contributed by atoms with van der Waals surface area (Å²) < 4.78 is 10.1. The van der Waals surface area contributed by atoms with E-state index in [0.717, 1.165) is 5.56 Å². The number of hydrogen-bond donors (Lipinski definition) is 3. The third kappa shape index (κ3) is 6.77. The summed E-state index contributed by atoms with van der Waals surface area (Å²) in [6, 6.07) is 8.18. The molecule has 0 aromatic heterocycles. The number of nitrogens with one attached hydrogen (secondary N) is 3. The van der Waals surface area contributed by atoms with E-state index >= 15 is 0 Å². The van der Waals surface area contributed by atoms with Crippen LogP contribution in [0.4, 0.5) is 4.79 Å². The van der Waals surface area contributed by atoms with E-state index in [2.05, 4.69) is 16.0 Å². The molecule has 0 spiro atoms. The number of benzene rings is 1. The van der Waals surface area contributed by atoms with Gasteiger partial charge in [0.1, 0.15) is 13.2 Å². The molecule has 1 atom stereocenters. The smallest absolute Gasteiger partial charge is 0.338 e. The van der Waals surface area contributed by atoms with E-state index in [0.29, 0.717) is 6.42 Å². The van der Waals surface area contributed by atoms with Crippen molar-refractivity contribution in [2.75, 3.05) is 19.8 Å². The van der Waals surface area contributed by atoms with E-state index < -0.39 is 29.9 Å². The minimum absolute atomic E-state index is 0.160. The van der Waals surface area contributed by atoms with Gasteiger partial charge in [0.05, 0.1) is 23.9 Å². The summed E-state index contributed by atoms with van der Waals surface area (Å²) in [6.07, 6.45) is 3.39. The second-order valence-corrected chi connectivity index (χ2v) is 6.29. The molecular formula is C21H25N3O6. The zero-order valence-electron chi connectivity index (χ0n) is 16.9. The largest absolute Gasteiger partial charge is 0.463 e. The van der Waals surface area contributed by atoms with Crippen molar-refractivity contribution < 1.29 is 28.7 Å². The molecule has 0 unspecified atom stereocenters. The molecule has 9 nitrogen and oxygen atoms in total. The first kappa shape index (κ1) is 22.7. The predicted octanol–water partition coefficient (Wildman–Crippen LogP) is 1.27. The van der Waals surface area contributed by atoms with Crippen LogP contribution in [0.3, 0.4) is 0 Å². The number of carbonyl (C=O) groups is 4. The molecule has 3 amide bonds. The molecule has 3 N–H and O–H groups in total. The first-order chi connectivity index (χ1) is 14.4. The van der Waals surface area contributed by atoms with Crippen LogP contribution in [0.2, 0.25) is 0 Å². The van der Waals surface area contributed by atoms with Gasteiger partial charge in [-0.05, 0) is 25.0 Å². The van der Waals surface area contributed by atoms with Gasteiger partial charge in [-0.15, -0.1) is 0 Å². The second kappa shape index (κ2) is 11.4. The summed E-state index contributed by atoms with van der Waals surface area (Å²) in [5.41, 5.74) is 1.22. The lowest BCUT2D eigenvalue weighted by Gasteiger charge is -2.28. The van der Waals surface area contributed by atoms with Crippen molar-refractivity contribution in [3.8, 4) is 0 Å². The highest BCUT2D eigenvalue weighted by molar-refractivity contribution is 5.95. The fourth-order valence-electron chi connectivity index (χ4n) is 2.73. The molecule has 1 aromatic rings. The van der Waals surface area contributed by atoms with Gasteiger partial charge in [-0.1, -0.05) is 37.3 Å². The SMILES string of the molecule is CCOC(=O)C1=C(COC(=O)CNC(=O)/C=C/c2ccccc2)NC(=O)N[C@@H]1CC.